The van der Waals surface area contributed by atoms with Crippen LogP contribution >= 0.6 is 11.6 Å². The van der Waals surface area contributed by atoms with E-state index in [1.54, 1.807) is 17.0 Å². The molecular formula is C13H12ClNO2. The summed E-state index contributed by atoms with van der Waals surface area (Å²) >= 11 is 5.66. The predicted octanol–water partition coefficient (Wildman–Crippen LogP) is 3.60. The molecule has 0 unspecified atom stereocenters. The largest absolute Gasteiger partial charge is 0.440 e. The Labute approximate surface area is 105 Å². The summed E-state index contributed by atoms with van der Waals surface area (Å²) in [7, 11) is 0. The lowest BCUT2D eigenvalue weighted by Gasteiger charge is -2.19. The first-order chi connectivity index (χ1) is 8.22. The number of para-hydroxylation sites is 1. The number of amides is 1. The molecule has 4 heteroatoms. The van der Waals surface area contributed by atoms with Gasteiger partial charge >= 0.3 is 0 Å². The summed E-state index contributed by atoms with van der Waals surface area (Å²) in [4.78, 5) is 13.8. The van der Waals surface area contributed by atoms with Gasteiger partial charge in [0, 0.05) is 12.2 Å². The van der Waals surface area contributed by atoms with Crippen molar-refractivity contribution in [1.82, 2.24) is 0 Å². The maximum absolute atomic E-state index is 12.2. The third-order valence-corrected chi connectivity index (χ3v) is 2.62. The van der Waals surface area contributed by atoms with Crippen LogP contribution in [0.3, 0.4) is 0 Å². The molecule has 2 aromatic rings. The van der Waals surface area contributed by atoms with Crippen molar-refractivity contribution in [1.29, 1.82) is 0 Å². The summed E-state index contributed by atoms with van der Waals surface area (Å²) in [6.45, 7) is 2.48. The van der Waals surface area contributed by atoms with Gasteiger partial charge in [0.2, 0.25) is 0 Å². The molecule has 0 fully saturated rings. The van der Waals surface area contributed by atoms with E-state index < -0.39 is 0 Å². The molecule has 0 aliphatic heterocycles. The zero-order chi connectivity index (χ0) is 12.3. The van der Waals surface area contributed by atoms with E-state index in [-0.39, 0.29) is 16.9 Å². The highest BCUT2D eigenvalue weighted by atomic mass is 35.5. The average Bonchev–Trinajstić information content (AvgIpc) is 2.78. The Morgan fingerprint density at radius 3 is 2.47 bits per heavy atom. The first-order valence-corrected chi connectivity index (χ1v) is 5.72. The molecule has 1 heterocycles. The lowest BCUT2D eigenvalue weighted by molar-refractivity contribution is 0.0962. The van der Waals surface area contributed by atoms with Gasteiger partial charge in [0.1, 0.15) is 0 Å². The second-order valence-corrected chi connectivity index (χ2v) is 3.86. The molecule has 1 aromatic carbocycles. The molecule has 0 aliphatic carbocycles. The van der Waals surface area contributed by atoms with Crippen LogP contribution in [0.25, 0.3) is 0 Å². The molecule has 0 aliphatic rings. The van der Waals surface area contributed by atoms with Crippen molar-refractivity contribution in [2.45, 2.75) is 6.92 Å². The van der Waals surface area contributed by atoms with E-state index in [0.717, 1.165) is 5.69 Å². The normalized spacial score (nSPS) is 10.2. The molecule has 3 nitrogen and oxygen atoms in total. The summed E-state index contributed by atoms with van der Waals surface area (Å²) in [5.74, 6) is 0.0614. The Kier molecular flexibility index (Phi) is 3.49. The fourth-order valence-electron chi connectivity index (χ4n) is 1.61. The van der Waals surface area contributed by atoms with E-state index in [0.29, 0.717) is 6.54 Å². The number of benzene rings is 1. The Morgan fingerprint density at radius 2 is 1.94 bits per heavy atom. The zero-order valence-corrected chi connectivity index (χ0v) is 10.1. The van der Waals surface area contributed by atoms with Crippen molar-refractivity contribution >= 4 is 23.2 Å². The van der Waals surface area contributed by atoms with Crippen LogP contribution in [0.4, 0.5) is 5.69 Å². The predicted molar refractivity (Wildman–Crippen MR) is 67.5 cm³/mol. The lowest BCUT2D eigenvalue weighted by Crippen LogP contribution is -2.30. The lowest BCUT2D eigenvalue weighted by atomic mass is 10.2. The summed E-state index contributed by atoms with van der Waals surface area (Å²) in [6.07, 6.45) is 0. The highest BCUT2D eigenvalue weighted by Gasteiger charge is 2.18. The second-order valence-electron chi connectivity index (χ2n) is 3.49. The molecule has 0 radical (unpaired) electrons. The highest BCUT2D eigenvalue weighted by Crippen LogP contribution is 2.19. The summed E-state index contributed by atoms with van der Waals surface area (Å²) < 4.78 is 5.12. The fraction of sp³-hybridized carbons (Fsp3) is 0.154. The monoisotopic (exact) mass is 249 g/mol. The standard InChI is InChI=1S/C13H12ClNO2/c1-2-15(10-6-4-3-5-7-10)13(16)11-8-9-12(14)17-11/h3-9H,2H2,1H3. The first kappa shape index (κ1) is 11.7. The van der Waals surface area contributed by atoms with Gasteiger partial charge in [-0.15, -0.1) is 0 Å². The molecule has 0 spiro atoms. The third kappa shape index (κ3) is 2.50. The maximum Gasteiger partial charge on any atom is 0.294 e. The molecule has 0 saturated carbocycles. The van der Waals surface area contributed by atoms with Gasteiger partial charge in [-0.1, -0.05) is 18.2 Å². The number of hydrogen-bond donors (Lipinski definition) is 0. The van der Waals surface area contributed by atoms with Crippen molar-refractivity contribution in [3.05, 3.63) is 53.4 Å². The molecule has 2 rings (SSSR count). The summed E-state index contributed by atoms with van der Waals surface area (Å²) in [5, 5.41) is 0.220. The van der Waals surface area contributed by atoms with Crippen molar-refractivity contribution in [3.8, 4) is 0 Å². The van der Waals surface area contributed by atoms with Crippen molar-refractivity contribution in [2.75, 3.05) is 11.4 Å². The number of furan rings is 1. The van der Waals surface area contributed by atoms with Gasteiger partial charge in [-0.3, -0.25) is 4.79 Å². The third-order valence-electron chi connectivity index (χ3n) is 2.41. The van der Waals surface area contributed by atoms with E-state index in [4.69, 9.17) is 16.0 Å². The average molecular weight is 250 g/mol. The number of nitrogens with zero attached hydrogens (tertiary/aromatic N) is 1. The van der Waals surface area contributed by atoms with E-state index in [2.05, 4.69) is 0 Å². The number of hydrogen-bond acceptors (Lipinski definition) is 2. The first-order valence-electron chi connectivity index (χ1n) is 5.34. The molecule has 1 aromatic heterocycles. The van der Waals surface area contributed by atoms with E-state index in [1.807, 2.05) is 37.3 Å². The SMILES string of the molecule is CCN(C(=O)c1ccc(Cl)o1)c1ccccc1. The molecule has 17 heavy (non-hydrogen) atoms. The van der Waals surface area contributed by atoms with Crippen LogP contribution in [-0.4, -0.2) is 12.5 Å². The Bertz CT molecular complexity index is 507. The molecule has 1 amide bonds. The van der Waals surface area contributed by atoms with Gasteiger partial charge in [-0.25, -0.2) is 0 Å². The smallest absolute Gasteiger partial charge is 0.294 e. The van der Waals surface area contributed by atoms with Crippen molar-refractivity contribution < 1.29 is 9.21 Å². The number of carbonyl (C=O) groups excluding carboxylic acids is 1. The molecule has 0 atom stereocenters. The minimum absolute atomic E-state index is 0.189. The minimum atomic E-state index is -0.189. The van der Waals surface area contributed by atoms with Gasteiger partial charge in [0.05, 0.1) is 0 Å². The number of rotatable bonds is 3. The van der Waals surface area contributed by atoms with Crippen LogP contribution in [0.1, 0.15) is 17.5 Å². The maximum atomic E-state index is 12.2. The van der Waals surface area contributed by atoms with Crippen molar-refractivity contribution in [2.24, 2.45) is 0 Å². The van der Waals surface area contributed by atoms with Crippen LogP contribution in [-0.2, 0) is 0 Å². The number of carbonyl (C=O) groups is 1. The van der Waals surface area contributed by atoms with Crippen LogP contribution < -0.4 is 4.90 Å². The van der Waals surface area contributed by atoms with Gasteiger partial charge in [-0.05, 0) is 42.8 Å². The van der Waals surface area contributed by atoms with E-state index in [1.165, 1.54) is 0 Å². The van der Waals surface area contributed by atoms with E-state index in [9.17, 15) is 4.79 Å². The molecule has 0 saturated heterocycles. The number of anilines is 1. The minimum Gasteiger partial charge on any atom is -0.440 e. The van der Waals surface area contributed by atoms with Gasteiger partial charge in [0.15, 0.2) is 11.0 Å². The topological polar surface area (TPSA) is 33.5 Å². The van der Waals surface area contributed by atoms with Crippen LogP contribution in [0.15, 0.2) is 46.9 Å². The Hall–Kier alpha value is -1.74. The van der Waals surface area contributed by atoms with Crippen molar-refractivity contribution in [3.63, 3.8) is 0 Å². The molecule has 88 valence electrons. The summed E-state index contributed by atoms with van der Waals surface area (Å²) in [5.41, 5.74) is 0.840. The fourth-order valence-corrected chi connectivity index (χ4v) is 1.76. The molecule has 0 N–H and O–H groups in total. The van der Waals surface area contributed by atoms with Gasteiger partial charge < -0.3 is 9.32 Å². The zero-order valence-electron chi connectivity index (χ0n) is 9.39. The van der Waals surface area contributed by atoms with Gasteiger partial charge in [-0.2, -0.15) is 0 Å². The van der Waals surface area contributed by atoms with Gasteiger partial charge in [0.25, 0.3) is 5.91 Å². The summed E-state index contributed by atoms with van der Waals surface area (Å²) in [6, 6.07) is 12.6. The van der Waals surface area contributed by atoms with Crippen LogP contribution in [0.5, 0.6) is 0 Å². The number of halogens is 1. The Balaban J connectivity index is 2.28. The van der Waals surface area contributed by atoms with E-state index >= 15 is 0 Å². The quantitative estimate of drug-likeness (QED) is 0.833. The highest BCUT2D eigenvalue weighted by molar-refractivity contribution is 6.29. The second kappa shape index (κ2) is 5.06. The molecule has 0 bridgehead atoms. The van der Waals surface area contributed by atoms with Crippen LogP contribution in [0, 0.1) is 0 Å². The van der Waals surface area contributed by atoms with Crippen LogP contribution in [0.2, 0.25) is 5.22 Å². The molecular weight excluding hydrogens is 238 g/mol. The Morgan fingerprint density at radius 1 is 1.24 bits per heavy atom.